The van der Waals surface area contributed by atoms with Crippen molar-refractivity contribution in [2.75, 3.05) is 36.0 Å². The molecule has 0 N–H and O–H groups in total. The van der Waals surface area contributed by atoms with Gasteiger partial charge in [-0.15, -0.1) is 0 Å². The Labute approximate surface area is 216 Å². The van der Waals surface area contributed by atoms with Crippen LogP contribution >= 0.6 is 35.0 Å². The molecular weight excluding hydrogens is 508 g/mol. The minimum absolute atomic E-state index is 0.153. The molecule has 2 aliphatic rings. The molecule has 0 radical (unpaired) electrons. The van der Waals surface area contributed by atoms with E-state index in [0.717, 1.165) is 21.5 Å². The van der Waals surface area contributed by atoms with Crippen LogP contribution in [0, 0.1) is 5.82 Å². The molecule has 1 fully saturated rings. The van der Waals surface area contributed by atoms with Crippen molar-refractivity contribution in [3.8, 4) is 0 Å². The minimum atomic E-state index is -0.615. The van der Waals surface area contributed by atoms with Crippen molar-refractivity contribution in [3.63, 3.8) is 0 Å². The van der Waals surface area contributed by atoms with E-state index >= 15 is 0 Å². The first-order chi connectivity index (χ1) is 16.9. The topological polar surface area (TPSA) is 43.9 Å². The van der Waals surface area contributed by atoms with E-state index in [1.54, 1.807) is 24.3 Å². The summed E-state index contributed by atoms with van der Waals surface area (Å²) in [7, 11) is 0. The molecule has 0 bridgehead atoms. The third-order valence-corrected chi connectivity index (χ3v) is 7.55. The first-order valence-corrected chi connectivity index (χ1v) is 12.6. The summed E-state index contributed by atoms with van der Waals surface area (Å²) in [5.74, 6) is -1.52. The lowest BCUT2D eigenvalue weighted by atomic mass is 10.2. The van der Waals surface area contributed by atoms with Gasteiger partial charge in [-0.25, -0.2) is 9.29 Å². The van der Waals surface area contributed by atoms with Gasteiger partial charge >= 0.3 is 0 Å². The van der Waals surface area contributed by atoms with Crippen LogP contribution in [-0.4, -0.2) is 42.9 Å². The highest BCUT2D eigenvalue weighted by atomic mass is 35.5. The lowest BCUT2D eigenvalue weighted by Gasteiger charge is -2.37. The summed E-state index contributed by atoms with van der Waals surface area (Å²) < 4.78 is 13.8. The first kappa shape index (κ1) is 23.7. The maximum absolute atomic E-state index is 13.8. The van der Waals surface area contributed by atoms with E-state index in [1.807, 2.05) is 23.1 Å². The van der Waals surface area contributed by atoms with Crippen molar-refractivity contribution in [1.82, 2.24) is 4.90 Å². The largest absolute Gasteiger partial charge is 0.368 e. The van der Waals surface area contributed by atoms with Crippen LogP contribution in [0.15, 0.2) is 88.3 Å². The molecule has 35 heavy (non-hydrogen) atoms. The summed E-state index contributed by atoms with van der Waals surface area (Å²) in [5.41, 5.74) is 1.70. The molecule has 3 aromatic rings. The van der Waals surface area contributed by atoms with Crippen molar-refractivity contribution >= 4 is 58.2 Å². The molecule has 5 nitrogen and oxygen atoms in total. The summed E-state index contributed by atoms with van der Waals surface area (Å²) in [6.45, 7) is 2.56. The van der Waals surface area contributed by atoms with E-state index in [0.29, 0.717) is 41.8 Å². The second-order valence-electron chi connectivity index (χ2n) is 8.09. The number of para-hydroxylation sites is 1. The SMILES string of the molecule is O=C1C(Sc2ccc(Cl)cc2)=C(N2CCN(c3ccccc3)CC2)C(=O)N1c1ccc(F)c(Cl)c1. The highest BCUT2D eigenvalue weighted by Gasteiger charge is 2.43. The number of carbonyl (C=O) groups excluding carboxylic acids is 2. The van der Waals surface area contributed by atoms with Gasteiger partial charge in [0, 0.05) is 41.8 Å². The fourth-order valence-corrected chi connectivity index (χ4v) is 5.48. The molecule has 9 heteroatoms. The predicted octanol–water partition coefficient (Wildman–Crippen LogP) is 5.83. The quantitative estimate of drug-likeness (QED) is 0.390. The molecule has 0 spiro atoms. The number of thioether (sulfide) groups is 1. The van der Waals surface area contributed by atoms with Gasteiger partial charge in [-0.1, -0.05) is 53.2 Å². The second kappa shape index (κ2) is 9.93. The molecule has 2 amide bonds. The van der Waals surface area contributed by atoms with Gasteiger partial charge in [-0.3, -0.25) is 9.59 Å². The van der Waals surface area contributed by atoms with Crippen molar-refractivity contribution in [3.05, 3.63) is 99.3 Å². The average Bonchev–Trinajstić information content (AvgIpc) is 3.12. The van der Waals surface area contributed by atoms with Gasteiger partial charge < -0.3 is 9.80 Å². The number of rotatable bonds is 5. The Bertz CT molecular complexity index is 1310. The minimum Gasteiger partial charge on any atom is -0.368 e. The summed E-state index contributed by atoms with van der Waals surface area (Å²) in [6.07, 6.45) is 0. The normalized spacial score (nSPS) is 16.5. The van der Waals surface area contributed by atoms with E-state index in [1.165, 1.54) is 23.9 Å². The zero-order valence-electron chi connectivity index (χ0n) is 18.5. The zero-order valence-corrected chi connectivity index (χ0v) is 20.8. The van der Waals surface area contributed by atoms with Gasteiger partial charge in [0.15, 0.2) is 0 Å². The highest BCUT2D eigenvalue weighted by molar-refractivity contribution is 8.04. The number of benzene rings is 3. The third-order valence-electron chi connectivity index (χ3n) is 5.93. The van der Waals surface area contributed by atoms with Gasteiger partial charge in [0.25, 0.3) is 11.8 Å². The number of anilines is 2. The summed E-state index contributed by atoms with van der Waals surface area (Å²) >= 11 is 13.2. The van der Waals surface area contributed by atoms with Crippen molar-refractivity contribution in [1.29, 1.82) is 0 Å². The molecule has 178 valence electrons. The van der Waals surface area contributed by atoms with Crippen LogP contribution in [-0.2, 0) is 9.59 Å². The predicted molar refractivity (Wildman–Crippen MR) is 138 cm³/mol. The lowest BCUT2D eigenvalue weighted by molar-refractivity contribution is -0.121. The van der Waals surface area contributed by atoms with Crippen LogP contribution < -0.4 is 9.80 Å². The smallest absolute Gasteiger partial charge is 0.283 e. The molecule has 0 saturated carbocycles. The Morgan fingerprint density at radius 3 is 2.06 bits per heavy atom. The van der Waals surface area contributed by atoms with Crippen molar-refractivity contribution in [2.24, 2.45) is 0 Å². The number of halogens is 3. The number of carbonyl (C=O) groups is 2. The maximum Gasteiger partial charge on any atom is 0.283 e. The van der Waals surface area contributed by atoms with E-state index in [2.05, 4.69) is 17.0 Å². The van der Waals surface area contributed by atoms with Gasteiger partial charge in [0.1, 0.15) is 16.4 Å². The van der Waals surface area contributed by atoms with E-state index in [9.17, 15) is 14.0 Å². The third kappa shape index (κ3) is 4.76. The molecule has 0 aliphatic carbocycles. The van der Waals surface area contributed by atoms with Crippen LogP contribution in [0.2, 0.25) is 10.0 Å². The van der Waals surface area contributed by atoms with Gasteiger partial charge in [-0.2, -0.15) is 0 Å². The standard InChI is InChI=1S/C26H20Cl2FN3O2S/c27-17-6-9-20(10-7-17)35-24-23(31-14-12-30(13-15-31)18-4-2-1-3-5-18)25(33)32(26(24)34)19-8-11-22(29)21(28)16-19/h1-11,16H,12-15H2. The van der Waals surface area contributed by atoms with Crippen LogP contribution in [0.25, 0.3) is 0 Å². The number of amides is 2. The number of imide groups is 1. The van der Waals surface area contributed by atoms with Crippen LogP contribution in [0.3, 0.4) is 0 Å². The second-order valence-corrected chi connectivity index (χ2v) is 10.0. The average molecular weight is 528 g/mol. The highest BCUT2D eigenvalue weighted by Crippen LogP contribution is 2.40. The number of piperazine rings is 1. The van der Waals surface area contributed by atoms with Crippen LogP contribution in [0.1, 0.15) is 0 Å². The Balaban J connectivity index is 1.47. The molecule has 0 unspecified atom stereocenters. The van der Waals surface area contributed by atoms with Crippen LogP contribution in [0.4, 0.5) is 15.8 Å². The molecule has 1 saturated heterocycles. The molecule has 2 heterocycles. The first-order valence-electron chi connectivity index (χ1n) is 11.0. The number of hydrogen-bond donors (Lipinski definition) is 0. The van der Waals surface area contributed by atoms with Gasteiger partial charge in [0.2, 0.25) is 0 Å². The lowest BCUT2D eigenvalue weighted by Crippen LogP contribution is -2.47. The molecule has 2 aliphatic heterocycles. The Morgan fingerprint density at radius 2 is 1.40 bits per heavy atom. The van der Waals surface area contributed by atoms with E-state index in [4.69, 9.17) is 23.2 Å². The van der Waals surface area contributed by atoms with Crippen molar-refractivity contribution < 1.29 is 14.0 Å². The molecule has 0 aromatic heterocycles. The van der Waals surface area contributed by atoms with Crippen molar-refractivity contribution in [2.45, 2.75) is 4.90 Å². The number of hydrogen-bond acceptors (Lipinski definition) is 5. The molecule has 5 rings (SSSR count). The summed E-state index contributed by atoms with van der Waals surface area (Å²) in [6, 6.07) is 21.0. The monoisotopic (exact) mass is 527 g/mol. The Morgan fingerprint density at radius 1 is 0.743 bits per heavy atom. The van der Waals surface area contributed by atoms with Gasteiger partial charge in [0.05, 0.1) is 10.7 Å². The van der Waals surface area contributed by atoms with Crippen LogP contribution in [0.5, 0.6) is 0 Å². The fourth-order valence-electron chi connectivity index (χ4n) is 4.18. The zero-order chi connectivity index (χ0) is 24.5. The summed E-state index contributed by atoms with van der Waals surface area (Å²) in [4.78, 5) is 33.6. The van der Waals surface area contributed by atoms with E-state index < -0.39 is 17.6 Å². The Kier molecular flexibility index (Phi) is 6.73. The fraction of sp³-hybridized carbons (Fsp3) is 0.154. The van der Waals surface area contributed by atoms with Gasteiger partial charge in [-0.05, 0) is 54.6 Å². The molecule has 3 aromatic carbocycles. The maximum atomic E-state index is 13.8. The number of nitrogens with zero attached hydrogens (tertiary/aromatic N) is 3. The molecular formula is C26H20Cl2FN3O2S. The molecule has 0 atom stereocenters. The van der Waals surface area contributed by atoms with E-state index in [-0.39, 0.29) is 10.7 Å². The Hall–Kier alpha value is -3.00. The summed E-state index contributed by atoms with van der Waals surface area (Å²) in [5, 5.41) is 0.428.